The third kappa shape index (κ3) is 7.60. The molecule has 0 radical (unpaired) electrons. The normalized spacial score (nSPS) is 19.2. The Morgan fingerprint density at radius 2 is 1.58 bits per heavy atom. The molecule has 0 spiro atoms. The van der Waals surface area contributed by atoms with E-state index in [1.165, 1.54) is 69.0 Å². The van der Waals surface area contributed by atoms with Gasteiger partial charge in [-0.15, -0.1) is 0 Å². The number of unbranched alkanes of at least 4 members (excludes halogenated alkanes) is 9. The first-order valence-electron chi connectivity index (χ1n) is 9.30. The second-order valence-electron chi connectivity index (χ2n) is 6.74. The van der Waals surface area contributed by atoms with Gasteiger partial charge in [-0.2, -0.15) is 0 Å². The van der Waals surface area contributed by atoms with Crippen LogP contribution >= 0.6 is 0 Å². The first-order valence-corrected chi connectivity index (χ1v) is 9.30. The van der Waals surface area contributed by atoms with Gasteiger partial charge in [0.2, 0.25) is 0 Å². The molecule has 24 heavy (non-hydrogen) atoms. The molecule has 5 heteroatoms. The highest BCUT2D eigenvalue weighted by Crippen LogP contribution is 2.27. The topological polar surface area (TPSA) is 89.8 Å². The van der Waals surface area contributed by atoms with Crippen molar-refractivity contribution in [2.24, 2.45) is 5.92 Å². The van der Waals surface area contributed by atoms with E-state index in [0.717, 1.165) is 24.8 Å². The minimum Gasteiger partial charge on any atom is -0.362 e. The van der Waals surface area contributed by atoms with Crippen molar-refractivity contribution < 1.29 is 20.2 Å². The molecule has 1 unspecified atom stereocenters. The molecule has 1 amide bonds. The summed E-state index contributed by atoms with van der Waals surface area (Å²) >= 11 is 0. The van der Waals surface area contributed by atoms with E-state index >= 15 is 0 Å². The summed E-state index contributed by atoms with van der Waals surface area (Å²) in [5.41, 5.74) is 2.39. The molecule has 4 N–H and O–H groups in total. The molecule has 1 aliphatic carbocycles. The molecule has 0 aromatic rings. The SMILES string of the molecule is CCCCCCCCCCCCC1=CC(C(=O)NO)C(O)(O)C=C1. The van der Waals surface area contributed by atoms with Crippen LogP contribution in [0.5, 0.6) is 0 Å². The van der Waals surface area contributed by atoms with E-state index in [1.807, 2.05) is 0 Å². The predicted octanol–water partition coefficient (Wildman–Crippen LogP) is 3.60. The summed E-state index contributed by atoms with van der Waals surface area (Å²) in [7, 11) is 0. The number of hydrogen-bond acceptors (Lipinski definition) is 4. The minimum atomic E-state index is -2.24. The van der Waals surface area contributed by atoms with E-state index in [2.05, 4.69) is 6.92 Å². The molecule has 0 saturated carbocycles. The maximum Gasteiger partial charge on any atom is 0.256 e. The van der Waals surface area contributed by atoms with E-state index in [9.17, 15) is 15.0 Å². The fourth-order valence-electron chi connectivity index (χ4n) is 3.05. The summed E-state index contributed by atoms with van der Waals surface area (Å²) in [5, 5.41) is 28.2. The summed E-state index contributed by atoms with van der Waals surface area (Å²) in [4.78, 5) is 11.5. The number of nitrogens with one attached hydrogen (secondary N) is 1. The third-order valence-electron chi connectivity index (χ3n) is 4.59. The largest absolute Gasteiger partial charge is 0.362 e. The summed E-state index contributed by atoms with van der Waals surface area (Å²) in [6.45, 7) is 2.23. The summed E-state index contributed by atoms with van der Waals surface area (Å²) < 4.78 is 0. The molecule has 1 atom stereocenters. The van der Waals surface area contributed by atoms with Crippen molar-refractivity contribution in [2.75, 3.05) is 0 Å². The molecular weight excluding hydrogens is 306 g/mol. The van der Waals surface area contributed by atoms with Gasteiger partial charge in [0.15, 0.2) is 5.79 Å². The van der Waals surface area contributed by atoms with E-state index in [4.69, 9.17) is 5.21 Å². The van der Waals surface area contributed by atoms with Crippen LogP contribution in [0.2, 0.25) is 0 Å². The molecule has 0 aromatic carbocycles. The van der Waals surface area contributed by atoms with Crippen LogP contribution in [0.4, 0.5) is 0 Å². The highest BCUT2D eigenvalue weighted by atomic mass is 16.5. The number of hydroxylamine groups is 1. The van der Waals surface area contributed by atoms with Crippen molar-refractivity contribution in [2.45, 2.75) is 83.3 Å². The lowest BCUT2D eigenvalue weighted by molar-refractivity contribution is -0.169. The maximum atomic E-state index is 11.5. The standard InChI is InChI=1S/C19H33NO4/c1-2-3-4-5-6-7-8-9-10-11-12-16-13-14-19(22,23)17(15-16)18(21)20-24/h13-15,17,22-24H,2-12H2,1H3,(H,20,21). The van der Waals surface area contributed by atoms with E-state index in [1.54, 1.807) is 6.08 Å². The van der Waals surface area contributed by atoms with Crippen molar-refractivity contribution in [3.05, 3.63) is 23.8 Å². The van der Waals surface area contributed by atoms with Crippen LogP contribution in [0.3, 0.4) is 0 Å². The number of allylic oxidation sites excluding steroid dienone is 2. The lowest BCUT2D eigenvalue weighted by Gasteiger charge is -2.28. The van der Waals surface area contributed by atoms with Crippen LogP contribution in [0.15, 0.2) is 23.8 Å². The molecule has 0 heterocycles. The molecule has 0 fully saturated rings. The van der Waals surface area contributed by atoms with Gasteiger partial charge in [0.1, 0.15) is 5.92 Å². The number of hydrogen-bond donors (Lipinski definition) is 4. The van der Waals surface area contributed by atoms with E-state index < -0.39 is 17.6 Å². The van der Waals surface area contributed by atoms with Gasteiger partial charge in [0.05, 0.1) is 0 Å². The zero-order chi connectivity index (χ0) is 17.8. The van der Waals surface area contributed by atoms with Gasteiger partial charge in [-0.1, -0.05) is 82.4 Å². The molecule has 138 valence electrons. The summed E-state index contributed by atoms with van der Waals surface area (Å²) in [6, 6.07) is 0. The molecule has 0 aliphatic heterocycles. The fourth-order valence-corrected chi connectivity index (χ4v) is 3.05. The van der Waals surface area contributed by atoms with Gasteiger partial charge in [0.25, 0.3) is 5.91 Å². The number of aliphatic hydroxyl groups is 2. The monoisotopic (exact) mass is 339 g/mol. The first-order chi connectivity index (χ1) is 11.5. The zero-order valence-corrected chi connectivity index (χ0v) is 14.8. The van der Waals surface area contributed by atoms with Crippen LogP contribution in [0.25, 0.3) is 0 Å². The Bertz CT molecular complexity index is 429. The highest BCUT2D eigenvalue weighted by Gasteiger charge is 2.38. The summed E-state index contributed by atoms with van der Waals surface area (Å²) in [5.74, 6) is -4.23. The Labute approximate surface area is 145 Å². The lowest BCUT2D eigenvalue weighted by atomic mass is 9.88. The quantitative estimate of drug-likeness (QED) is 0.189. The minimum absolute atomic E-state index is 0.804. The van der Waals surface area contributed by atoms with Gasteiger partial charge in [-0.3, -0.25) is 10.0 Å². The zero-order valence-electron chi connectivity index (χ0n) is 14.8. The first kappa shape index (κ1) is 20.9. The van der Waals surface area contributed by atoms with E-state index in [0.29, 0.717) is 0 Å². The van der Waals surface area contributed by atoms with Crippen molar-refractivity contribution in [1.82, 2.24) is 5.48 Å². The van der Waals surface area contributed by atoms with Crippen LogP contribution in [0.1, 0.15) is 77.6 Å². The average Bonchev–Trinajstić information content (AvgIpc) is 2.57. The molecule has 1 aliphatic rings. The van der Waals surface area contributed by atoms with Crippen LogP contribution in [-0.2, 0) is 4.79 Å². The van der Waals surface area contributed by atoms with Crippen LogP contribution in [-0.4, -0.2) is 27.1 Å². The smallest absolute Gasteiger partial charge is 0.256 e. The summed E-state index contributed by atoms with van der Waals surface area (Å²) in [6.07, 6.45) is 17.8. The number of carbonyl (C=O) groups is 1. The lowest BCUT2D eigenvalue weighted by Crippen LogP contribution is -2.45. The van der Waals surface area contributed by atoms with Gasteiger partial charge in [-0.05, 0) is 18.9 Å². The van der Waals surface area contributed by atoms with Gasteiger partial charge < -0.3 is 10.2 Å². The predicted molar refractivity (Wildman–Crippen MR) is 94.3 cm³/mol. The van der Waals surface area contributed by atoms with Crippen LogP contribution < -0.4 is 5.48 Å². The highest BCUT2D eigenvalue weighted by molar-refractivity contribution is 5.81. The molecule has 5 nitrogen and oxygen atoms in total. The second-order valence-corrected chi connectivity index (χ2v) is 6.74. The third-order valence-corrected chi connectivity index (χ3v) is 4.59. The number of amides is 1. The van der Waals surface area contributed by atoms with Gasteiger partial charge in [0, 0.05) is 0 Å². The van der Waals surface area contributed by atoms with E-state index in [-0.39, 0.29) is 0 Å². The maximum absolute atomic E-state index is 11.5. The Balaban J connectivity index is 2.18. The average molecular weight is 339 g/mol. The Hall–Kier alpha value is -1.17. The Morgan fingerprint density at radius 1 is 1.04 bits per heavy atom. The molecular formula is C19H33NO4. The van der Waals surface area contributed by atoms with Gasteiger partial charge in [-0.25, -0.2) is 5.48 Å². The second kappa shape index (κ2) is 11.4. The van der Waals surface area contributed by atoms with Gasteiger partial charge >= 0.3 is 0 Å². The van der Waals surface area contributed by atoms with Crippen molar-refractivity contribution in [1.29, 1.82) is 0 Å². The Kier molecular flexibility index (Phi) is 9.91. The van der Waals surface area contributed by atoms with Crippen LogP contribution in [0, 0.1) is 5.92 Å². The van der Waals surface area contributed by atoms with Crippen molar-refractivity contribution in [3.63, 3.8) is 0 Å². The molecule has 1 rings (SSSR count). The molecule has 0 bridgehead atoms. The number of carbonyl (C=O) groups excluding carboxylic acids is 1. The molecule has 0 aromatic heterocycles. The van der Waals surface area contributed by atoms with Crippen molar-refractivity contribution in [3.8, 4) is 0 Å². The Morgan fingerprint density at radius 3 is 2.12 bits per heavy atom. The molecule has 0 saturated heterocycles. The fraction of sp³-hybridized carbons (Fsp3) is 0.737. The number of rotatable bonds is 12. The van der Waals surface area contributed by atoms with Crippen molar-refractivity contribution >= 4 is 5.91 Å².